The molecule has 1 saturated heterocycles. The summed E-state index contributed by atoms with van der Waals surface area (Å²) in [6.07, 6.45) is 3.07. The molecule has 1 aliphatic heterocycles. The zero-order valence-corrected chi connectivity index (χ0v) is 15.4. The number of nitrogens with one attached hydrogen (secondary N) is 1. The SMILES string of the molecule is O=C(CCSc1ccccc1)NCC(c1ccccc1)N1CCCC1. The summed E-state index contributed by atoms with van der Waals surface area (Å²) >= 11 is 1.73. The molecule has 1 aliphatic rings. The first-order valence-electron chi connectivity index (χ1n) is 9.06. The Morgan fingerprint density at radius 1 is 1.00 bits per heavy atom. The first kappa shape index (κ1) is 18.0. The lowest BCUT2D eigenvalue weighted by Gasteiger charge is -2.28. The van der Waals surface area contributed by atoms with Crippen molar-refractivity contribution < 1.29 is 4.79 Å². The van der Waals surface area contributed by atoms with E-state index in [0.717, 1.165) is 18.8 Å². The monoisotopic (exact) mass is 354 g/mol. The average Bonchev–Trinajstić information content (AvgIpc) is 3.18. The summed E-state index contributed by atoms with van der Waals surface area (Å²) in [7, 11) is 0. The number of hydrogen-bond acceptors (Lipinski definition) is 3. The molecule has 0 aliphatic carbocycles. The van der Waals surface area contributed by atoms with Crippen molar-refractivity contribution in [3.05, 3.63) is 66.2 Å². The summed E-state index contributed by atoms with van der Waals surface area (Å²) in [5.74, 6) is 0.957. The molecule has 0 radical (unpaired) electrons. The van der Waals surface area contributed by atoms with E-state index < -0.39 is 0 Å². The van der Waals surface area contributed by atoms with Crippen LogP contribution in [0.2, 0.25) is 0 Å². The molecule has 1 fully saturated rings. The molecule has 25 heavy (non-hydrogen) atoms. The summed E-state index contributed by atoms with van der Waals surface area (Å²) < 4.78 is 0. The van der Waals surface area contributed by atoms with Gasteiger partial charge in [0, 0.05) is 23.6 Å². The molecule has 1 N–H and O–H groups in total. The predicted molar refractivity (Wildman–Crippen MR) is 105 cm³/mol. The molecule has 3 rings (SSSR count). The third kappa shape index (κ3) is 5.62. The predicted octanol–water partition coefficient (Wildman–Crippen LogP) is 4.12. The lowest BCUT2D eigenvalue weighted by molar-refractivity contribution is -0.120. The van der Waals surface area contributed by atoms with E-state index in [-0.39, 0.29) is 11.9 Å². The van der Waals surface area contributed by atoms with Crippen LogP contribution in [0.4, 0.5) is 0 Å². The van der Waals surface area contributed by atoms with Crippen LogP contribution in [-0.4, -0.2) is 36.2 Å². The zero-order chi connectivity index (χ0) is 17.3. The van der Waals surface area contributed by atoms with E-state index in [4.69, 9.17) is 0 Å². The van der Waals surface area contributed by atoms with Gasteiger partial charge in [0.1, 0.15) is 0 Å². The van der Waals surface area contributed by atoms with E-state index in [2.05, 4.69) is 46.6 Å². The zero-order valence-electron chi connectivity index (χ0n) is 14.6. The second-order valence-electron chi connectivity index (χ2n) is 6.39. The molecule has 0 spiro atoms. The quantitative estimate of drug-likeness (QED) is 0.724. The van der Waals surface area contributed by atoms with Gasteiger partial charge in [0.05, 0.1) is 6.04 Å². The third-order valence-corrected chi connectivity index (χ3v) is 5.61. The van der Waals surface area contributed by atoms with Crippen LogP contribution in [0.25, 0.3) is 0 Å². The van der Waals surface area contributed by atoms with Crippen molar-refractivity contribution in [1.29, 1.82) is 0 Å². The molecule has 1 amide bonds. The van der Waals surface area contributed by atoms with Gasteiger partial charge in [-0.25, -0.2) is 0 Å². The average molecular weight is 355 g/mol. The topological polar surface area (TPSA) is 32.3 Å². The van der Waals surface area contributed by atoms with E-state index in [1.807, 2.05) is 24.3 Å². The summed E-state index contributed by atoms with van der Waals surface area (Å²) in [5.41, 5.74) is 1.29. The van der Waals surface area contributed by atoms with Crippen LogP contribution in [0.5, 0.6) is 0 Å². The Balaban J connectivity index is 1.48. The van der Waals surface area contributed by atoms with E-state index in [0.29, 0.717) is 13.0 Å². The van der Waals surface area contributed by atoms with Crippen LogP contribution in [0.1, 0.15) is 30.9 Å². The van der Waals surface area contributed by atoms with Crippen molar-refractivity contribution in [3.63, 3.8) is 0 Å². The van der Waals surface area contributed by atoms with Crippen LogP contribution in [-0.2, 0) is 4.79 Å². The third-order valence-electron chi connectivity index (χ3n) is 4.60. The largest absolute Gasteiger partial charge is 0.354 e. The Morgan fingerprint density at radius 3 is 2.32 bits per heavy atom. The highest BCUT2D eigenvalue weighted by atomic mass is 32.2. The maximum Gasteiger partial charge on any atom is 0.220 e. The van der Waals surface area contributed by atoms with Crippen molar-refractivity contribution >= 4 is 17.7 Å². The lowest BCUT2D eigenvalue weighted by Crippen LogP contribution is -2.36. The summed E-state index contributed by atoms with van der Waals surface area (Å²) in [6.45, 7) is 2.94. The van der Waals surface area contributed by atoms with Gasteiger partial charge in [-0.3, -0.25) is 9.69 Å². The fourth-order valence-electron chi connectivity index (χ4n) is 3.26. The van der Waals surface area contributed by atoms with Crippen molar-refractivity contribution in [1.82, 2.24) is 10.2 Å². The number of carbonyl (C=O) groups is 1. The Labute approximate surface area is 154 Å². The van der Waals surface area contributed by atoms with Gasteiger partial charge in [-0.2, -0.15) is 0 Å². The maximum atomic E-state index is 12.2. The van der Waals surface area contributed by atoms with Gasteiger partial charge in [0.2, 0.25) is 5.91 Å². The number of rotatable bonds is 8. The van der Waals surface area contributed by atoms with Crippen molar-refractivity contribution in [2.45, 2.75) is 30.2 Å². The minimum atomic E-state index is 0.142. The van der Waals surface area contributed by atoms with Gasteiger partial charge in [-0.15, -0.1) is 11.8 Å². The first-order valence-corrected chi connectivity index (χ1v) is 10.0. The highest BCUT2D eigenvalue weighted by Gasteiger charge is 2.23. The Kier molecular flexibility index (Phi) is 6.95. The highest BCUT2D eigenvalue weighted by molar-refractivity contribution is 7.99. The highest BCUT2D eigenvalue weighted by Crippen LogP contribution is 2.24. The number of carbonyl (C=O) groups excluding carboxylic acids is 1. The number of amides is 1. The molecule has 1 unspecified atom stereocenters. The molecular formula is C21H26N2OS. The summed E-state index contributed by atoms with van der Waals surface area (Å²) in [6, 6.07) is 21.1. The Morgan fingerprint density at radius 2 is 1.64 bits per heavy atom. The van der Waals surface area contributed by atoms with Gasteiger partial charge in [0.15, 0.2) is 0 Å². The van der Waals surface area contributed by atoms with Gasteiger partial charge in [-0.05, 0) is 43.6 Å². The standard InChI is InChI=1S/C21H26N2OS/c24-21(13-16-25-19-11-5-2-6-12-19)22-17-20(23-14-7-8-15-23)18-9-3-1-4-10-18/h1-6,9-12,20H,7-8,13-17H2,(H,22,24). The Bertz CT molecular complexity index is 641. The lowest BCUT2D eigenvalue weighted by atomic mass is 10.1. The summed E-state index contributed by atoms with van der Waals surface area (Å²) in [4.78, 5) is 16.0. The van der Waals surface area contributed by atoms with Crippen molar-refractivity contribution in [2.75, 3.05) is 25.4 Å². The van der Waals surface area contributed by atoms with Crippen molar-refractivity contribution in [2.24, 2.45) is 0 Å². The van der Waals surface area contributed by atoms with Crippen LogP contribution < -0.4 is 5.32 Å². The molecule has 1 heterocycles. The molecule has 4 heteroatoms. The molecule has 2 aromatic carbocycles. The van der Waals surface area contributed by atoms with Gasteiger partial charge < -0.3 is 5.32 Å². The fraction of sp³-hybridized carbons (Fsp3) is 0.381. The van der Waals surface area contributed by atoms with E-state index in [9.17, 15) is 4.79 Å². The first-order chi connectivity index (χ1) is 12.3. The minimum Gasteiger partial charge on any atom is -0.354 e. The number of thioether (sulfide) groups is 1. The normalized spacial score (nSPS) is 15.8. The molecule has 0 aromatic heterocycles. The Hall–Kier alpha value is -1.78. The number of hydrogen-bond donors (Lipinski definition) is 1. The van der Waals surface area contributed by atoms with Crippen LogP contribution >= 0.6 is 11.8 Å². The molecule has 132 valence electrons. The molecular weight excluding hydrogens is 328 g/mol. The second-order valence-corrected chi connectivity index (χ2v) is 7.55. The van der Waals surface area contributed by atoms with Crippen molar-refractivity contribution in [3.8, 4) is 0 Å². The van der Waals surface area contributed by atoms with E-state index in [1.165, 1.54) is 23.3 Å². The molecule has 0 bridgehead atoms. The smallest absolute Gasteiger partial charge is 0.220 e. The van der Waals surface area contributed by atoms with E-state index in [1.54, 1.807) is 11.8 Å². The van der Waals surface area contributed by atoms with E-state index >= 15 is 0 Å². The number of benzene rings is 2. The number of nitrogens with zero attached hydrogens (tertiary/aromatic N) is 1. The molecule has 2 aromatic rings. The van der Waals surface area contributed by atoms with Gasteiger partial charge in [-0.1, -0.05) is 48.5 Å². The van der Waals surface area contributed by atoms with Gasteiger partial charge in [0.25, 0.3) is 0 Å². The maximum absolute atomic E-state index is 12.2. The minimum absolute atomic E-state index is 0.142. The summed E-state index contributed by atoms with van der Waals surface area (Å²) in [5, 5.41) is 3.15. The second kappa shape index (κ2) is 9.64. The van der Waals surface area contributed by atoms with Crippen LogP contribution in [0, 0.1) is 0 Å². The molecule has 3 nitrogen and oxygen atoms in total. The molecule has 1 atom stereocenters. The number of likely N-dealkylation sites (tertiary alicyclic amines) is 1. The van der Waals surface area contributed by atoms with Crippen LogP contribution in [0.15, 0.2) is 65.6 Å². The molecule has 0 saturated carbocycles. The fourth-order valence-corrected chi connectivity index (χ4v) is 4.14. The van der Waals surface area contributed by atoms with Gasteiger partial charge >= 0.3 is 0 Å². The van der Waals surface area contributed by atoms with Crippen LogP contribution in [0.3, 0.4) is 0 Å².